The van der Waals surface area contributed by atoms with Crippen LogP contribution in [0.3, 0.4) is 0 Å². The van der Waals surface area contributed by atoms with Crippen molar-refractivity contribution in [2.75, 3.05) is 0 Å². The van der Waals surface area contributed by atoms with E-state index in [1.807, 2.05) is 31.4 Å². The fourth-order valence-corrected chi connectivity index (χ4v) is 4.57. The zero-order valence-electron chi connectivity index (χ0n) is 12.0. The molecule has 0 bridgehead atoms. The van der Waals surface area contributed by atoms with Crippen molar-refractivity contribution in [3.63, 3.8) is 0 Å². The van der Waals surface area contributed by atoms with Gasteiger partial charge in [0.15, 0.2) is 5.78 Å². The number of esters is 1. The summed E-state index contributed by atoms with van der Waals surface area (Å²) in [6.45, 7) is 3.84. The Kier molecular flexibility index (Phi) is 3.24. The molecule has 1 aromatic heterocycles. The minimum absolute atomic E-state index is 0.0827. The molecule has 3 rings (SSSR count). The maximum absolute atomic E-state index is 13.0. The van der Waals surface area contributed by atoms with Crippen LogP contribution in [0, 0.1) is 10.8 Å². The van der Waals surface area contributed by atoms with E-state index in [2.05, 4.69) is 0 Å². The quantitative estimate of drug-likeness (QED) is 0.582. The molecule has 2 aliphatic rings. The summed E-state index contributed by atoms with van der Waals surface area (Å²) in [5.41, 5.74) is -1.51. The summed E-state index contributed by atoms with van der Waals surface area (Å²) in [5, 5.41) is 1.95. The number of carbonyl (C=O) groups excluding carboxylic acids is 2. The molecule has 1 saturated heterocycles. The summed E-state index contributed by atoms with van der Waals surface area (Å²) in [4.78, 5) is 26.5. The molecule has 20 heavy (non-hydrogen) atoms. The van der Waals surface area contributed by atoms with Gasteiger partial charge in [-0.05, 0) is 38.1 Å². The van der Waals surface area contributed by atoms with E-state index in [1.54, 1.807) is 11.3 Å². The van der Waals surface area contributed by atoms with Crippen LogP contribution in [0.5, 0.6) is 0 Å². The molecule has 1 atom stereocenters. The third-order valence-electron chi connectivity index (χ3n) is 4.80. The van der Waals surface area contributed by atoms with Gasteiger partial charge in [-0.25, -0.2) is 0 Å². The van der Waals surface area contributed by atoms with Gasteiger partial charge < -0.3 is 4.74 Å². The van der Waals surface area contributed by atoms with Gasteiger partial charge in [0.2, 0.25) is 0 Å². The minimum Gasteiger partial charge on any atom is -0.455 e. The molecular weight excluding hydrogens is 272 g/mol. The van der Waals surface area contributed by atoms with Crippen LogP contribution in [0.2, 0.25) is 0 Å². The summed E-state index contributed by atoms with van der Waals surface area (Å²) >= 11 is 1.54. The zero-order chi connectivity index (χ0) is 14.4. The Morgan fingerprint density at radius 1 is 1.20 bits per heavy atom. The highest BCUT2D eigenvalue weighted by atomic mass is 32.1. The van der Waals surface area contributed by atoms with Crippen molar-refractivity contribution in [2.24, 2.45) is 10.8 Å². The molecule has 2 heterocycles. The molecule has 4 heteroatoms. The van der Waals surface area contributed by atoms with Crippen molar-refractivity contribution in [2.45, 2.75) is 52.1 Å². The summed E-state index contributed by atoms with van der Waals surface area (Å²) in [5.74, 6) is -0.209. The first kappa shape index (κ1) is 13.8. The maximum Gasteiger partial charge on any atom is 0.320 e. The largest absolute Gasteiger partial charge is 0.455 e. The highest BCUT2D eigenvalue weighted by Gasteiger charge is 2.60. The molecular formula is C16H20O3S. The maximum atomic E-state index is 13.0. The number of ether oxygens (including phenoxy) is 1. The average Bonchev–Trinajstić information content (AvgIpc) is 2.96. The summed E-state index contributed by atoms with van der Waals surface area (Å²) in [6, 6.07) is 3.87. The van der Waals surface area contributed by atoms with Gasteiger partial charge in [0.25, 0.3) is 0 Å². The Labute approximate surface area is 123 Å². The van der Waals surface area contributed by atoms with Gasteiger partial charge in [0.05, 0.1) is 5.41 Å². The van der Waals surface area contributed by atoms with Crippen molar-refractivity contribution >= 4 is 23.1 Å². The van der Waals surface area contributed by atoms with Crippen molar-refractivity contribution in [3.8, 4) is 0 Å². The lowest BCUT2D eigenvalue weighted by molar-refractivity contribution is -0.191. The number of ketones is 1. The first-order valence-corrected chi connectivity index (χ1v) is 8.16. The molecule has 0 aromatic carbocycles. The lowest BCUT2D eigenvalue weighted by Gasteiger charge is -2.47. The molecule has 1 aromatic rings. The first-order valence-electron chi connectivity index (χ1n) is 7.28. The molecule has 108 valence electrons. The Hall–Kier alpha value is -1.16. The van der Waals surface area contributed by atoms with E-state index in [0.717, 1.165) is 24.1 Å². The molecule has 1 aliphatic heterocycles. The van der Waals surface area contributed by atoms with Gasteiger partial charge in [-0.15, -0.1) is 11.3 Å². The molecule has 2 fully saturated rings. The number of thiophene rings is 1. The fraction of sp³-hybridized carbons (Fsp3) is 0.625. The second-order valence-corrected chi connectivity index (χ2v) is 7.47. The van der Waals surface area contributed by atoms with Crippen LogP contribution in [0.1, 0.15) is 56.9 Å². The van der Waals surface area contributed by atoms with E-state index in [0.29, 0.717) is 12.8 Å². The number of cyclic esters (lactones) is 1. The van der Waals surface area contributed by atoms with E-state index in [-0.39, 0.29) is 11.8 Å². The topological polar surface area (TPSA) is 43.4 Å². The van der Waals surface area contributed by atoms with Crippen molar-refractivity contribution in [1.29, 1.82) is 0 Å². The normalized spacial score (nSPS) is 28.4. The van der Waals surface area contributed by atoms with Gasteiger partial charge in [0, 0.05) is 4.88 Å². The van der Waals surface area contributed by atoms with Crippen LogP contribution >= 0.6 is 11.3 Å². The molecule has 0 unspecified atom stereocenters. The smallest absolute Gasteiger partial charge is 0.320 e. The first-order chi connectivity index (χ1) is 9.48. The van der Waals surface area contributed by atoms with Crippen LogP contribution in [0.4, 0.5) is 0 Å². The number of rotatable bonds is 1. The lowest BCUT2D eigenvalue weighted by Crippen LogP contribution is -2.55. The van der Waals surface area contributed by atoms with Gasteiger partial charge in [0.1, 0.15) is 11.5 Å². The van der Waals surface area contributed by atoms with Gasteiger partial charge in [-0.1, -0.05) is 25.3 Å². The predicted octanol–water partition coefficient (Wildman–Crippen LogP) is 3.89. The van der Waals surface area contributed by atoms with Crippen molar-refractivity contribution < 1.29 is 14.3 Å². The van der Waals surface area contributed by atoms with Crippen LogP contribution < -0.4 is 0 Å². The van der Waals surface area contributed by atoms with Gasteiger partial charge >= 0.3 is 5.97 Å². The Morgan fingerprint density at radius 2 is 1.90 bits per heavy atom. The Bertz CT molecular complexity index is 524. The lowest BCUT2D eigenvalue weighted by atomic mass is 9.61. The molecule has 0 amide bonds. The predicted molar refractivity (Wildman–Crippen MR) is 77.5 cm³/mol. The number of hydrogen-bond donors (Lipinski definition) is 0. The van der Waals surface area contributed by atoms with Crippen LogP contribution in [-0.4, -0.2) is 11.8 Å². The zero-order valence-corrected chi connectivity index (χ0v) is 12.8. The molecule has 3 nitrogen and oxygen atoms in total. The van der Waals surface area contributed by atoms with E-state index >= 15 is 0 Å². The molecule has 1 saturated carbocycles. The van der Waals surface area contributed by atoms with Gasteiger partial charge in [-0.3, -0.25) is 9.59 Å². The molecule has 0 N–H and O–H groups in total. The highest BCUT2D eigenvalue weighted by Crippen LogP contribution is 2.53. The fourth-order valence-electron chi connectivity index (χ4n) is 3.64. The van der Waals surface area contributed by atoms with E-state index in [9.17, 15) is 9.59 Å². The Morgan fingerprint density at radius 3 is 2.50 bits per heavy atom. The number of hydrogen-bond acceptors (Lipinski definition) is 4. The van der Waals surface area contributed by atoms with E-state index in [4.69, 9.17) is 4.74 Å². The molecule has 1 aliphatic carbocycles. The second kappa shape index (κ2) is 4.69. The minimum atomic E-state index is -0.866. The highest BCUT2D eigenvalue weighted by molar-refractivity contribution is 7.10. The van der Waals surface area contributed by atoms with Crippen molar-refractivity contribution in [1.82, 2.24) is 0 Å². The third-order valence-corrected chi connectivity index (χ3v) is 5.72. The number of Topliss-reactive ketones (excluding diaryl/α,β-unsaturated/α-hetero) is 1. The van der Waals surface area contributed by atoms with Crippen LogP contribution in [0.15, 0.2) is 17.5 Å². The molecule has 1 spiro atoms. The summed E-state index contributed by atoms with van der Waals surface area (Å²) < 4.78 is 5.76. The SMILES string of the molecule is CC1(C)C(=O)C2(CCCCC2)C(=O)O[C@@H]1c1cccs1. The van der Waals surface area contributed by atoms with E-state index in [1.165, 1.54) is 0 Å². The van der Waals surface area contributed by atoms with Crippen molar-refractivity contribution in [3.05, 3.63) is 22.4 Å². The third kappa shape index (κ3) is 1.85. The van der Waals surface area contributed by atoms with Crippen LogP contribution in [-0.2, 0) is 14.3 Å². The monoisotopic (exact) mass is 292 g/mol. The average molecular weight is 292 g/mol. The Balaban J connectivity index is 1.99. The summed E-state index contributed by atoms with van der Waals surface area (Å²) in [7, 11) is 0. The van der Waals surface area contributed by atoms with E-state index < -0.39 is 16.9 Å². The van der Waals surface area contributed by atoms with Crippen LogP contribution in [0.25, 0.3) is 0 Å². The number of carbonyl (C=O) groups is 2. The summed E-state index contributed by atoms with van der Waals surface area (Å²) in [6.07, 6.45) is 3.88. The standard InChI is InChI=1S/C16H20O3S/c1-15(2)12(11-7-6-10-20-11)19-14(18)16(13(15)17)8-4-3-5-9-16/h6-7,10,12H,3-5,8-9H2,1-2H3/t12-/m1/s1. The molecule has 0 radical (unpaired) electrons. The second-order valence-electron chi connectivity index (χ2n) is 6.49. The van der Waals surface area contributed by atoms with Gasteiger partial charge in [-0.2, -0.15) is 0 Å².